The molecule has 0 atom stereocenters. The number of benzene rings is 1. The van der Waals surface area contributed by atoms with Gasteiger partial charge in [-0.25, -0.2) is 0 Å². The Morgan fingerprint density at radius 3 is 2.44 bits per heavy atom. The summed E-state index contributed by atoms with van der Waals surface area (Å²) in [6.07, 6.45) is 0.544. The average molecular weight is 370 g/mol. The van der Waals surface area contributed by atoms with Gasteiger partial charge in [0.05, 0.1) is 7.11 Å². The Bertz CT molecular complexity index is 894. The highest BCUT2D eigenvalue weighted by atomic mass is 16.6. The predicted octanol–water partition coefficient (Wildman–Crippen LogP) is 2.43. The number of hydrogen-bond donors (Lipinski definition) is 1. The van der Waals surface area contributed by atoms with Crippen LogP contribution in [0.25, 0.3) is 0 Å². The molecule has 0 aliphatic carbocycles. The molecule has 0 amide bonds. The van der Waals surface area contributed by atoms with Crippen molar-refractivity contribution < 1.29 is 19.0 Å². The molecule has 0 spiro atoms. The topological polar surface area (TPSA) is 101 Å². The zero-order chi connectivity index (χ0) is 19.8. The summed E-state index contributed by atoms with van der Waals surface area (Å²) in [6, 6.07) is 9.01. The SMILES string of the molecule is COc1ccc(OCCOC(=O)CCc2c(C)[nH]c(=O)c(C#N)c2C)cc1. The van der Waals surface area contributed by atoms with Crippen molar-refractivity contribution in [3.8, 4) is 17.6 Å². The number of carbonyl (C=O) groups is 1. The number of esters is 1. The monoisotopic (exact) mass is 370 g/mol. The van der Waals surface area contributed by atoms with E-state index in [9.17, 15) is 9.59 Å². The zero-order valence-corrected chi connectivity index (χ0v) is 15.6. The van der Waals surface area contributed by atoms with Crippen LogP contribution in [0.4, 0.5) is 0 Å². The highest BCUT2D eigenvalue weighted by Crippen LogP contribution is 2.17. The van der Waals surface area contributed by atoms with Gasteiger partial charge in [0.15, 0.2) is 0 Å². The average Bonchev–Trinajstić information content (AvgIpc) is 2.65. The number of nitriles is 1. The van der Waals surface area contributed by atoms with Gasteiger partial charge in [-0.15, -0.1) is 0 Å². The van der Waals surface area contributed by atoms with Gasteiger partial charge in [-0.2, -0.15) is 5.26 Å². The molecule has 0 aliphatic heterocycles. The molecule has 0 unspecified atom stereocenters. The molecule has 2 aromatic rings. The fraction of sp³-hybridized carbons (Fsp3) is 0.350. The van der Waals surface area contributed by atoms with Gasteiger partial charge in [-0.1, -0.05) is 0 Å². The van der Waals surface area contributed by atoms with Crippen molar-refractivity contribution in [3.05, 3.63) is 57.0 Å². The van der Waals surface area contributed by atoms with E-state index in [4.69, 9.17) is 19.5 Å². The van der Waals surface area contributed by atoms with E-state index >= 15 is 0 Å². The third-order valence-corrected chi connectivity index (χ3v) is 4.17. The lowest BCUT2D eigenvalue weighted by Gasteiger charge is -2.11. The van der Waals surface area contributed by atoms with Crippen molar-refractivity contribution in [3.63, 3.8) is 0 Å². The van der Waals surface area contributed by atoms with Crippen LogP contribution in [0, 0.1) is 25.2 Å². The van der Waals surface area contributed by atoms with E-state index in [-0.39, 0.29) is 31.2 Å². The molecule has 142 valence electrons. The number of aryl methyl sites for hydroxylation is 1. The van der Waals surface area contributed by atoms with Crippen LogP contribution in [0.5, 0.6) is 11.5 Å². The third kappa shape index (κ3) is 5.35. The highest BCUT2D eigenvalue weighted by molar-refractivity contribution is 5.69. The number of H-pyrrole nitrogens is 1. The first-order valence-electron chi connectivity index (χ1n) is 8.51. The number of pyridine rings is 1. The molecule has 0 bridgehead atoms. The van der Waals surface area contributed by atoms with Gasteiger partial charge >= 0.3 is 5.97 Å². The minimum absolute atomic E-state index is 0.0804. The summed E-state index contributed by atoms with van der Waals surface area (Å²) in [5, 5.41) is 9.08. The summed E-state index contributed by atoms with van der Waals surface area (Å²) >= 11 is 0. The predicted molar refractivity (Wildman–Crippen MR) is 99.0 cm³/mol. The van der Waals surface area contributed by atoms with E-state index in [0.717, 1.165) is 11.3 Å². The Morgan fingerprint density at radius 1 is 1.15 bits per heavy atom. The molecule has 0 radical (unpaired) electrons. The maximum atomic E-state index is 11.9. The lowest BCUT2D eigenvalue weighted by atomic mass is 9.99. The lowest BCUT2D eigenvalue weighted by Crippen LogP contribution is -2.18. The number of nitrogens with zero attached hydrogens (tertiary/aromatic N) is 1. The van der Waals surface area contributed by atoms with Crippen molar-refractivity contribution in [2.24, 2.45) is 0 Å². The van der Waals surface area contributed by atoms with Gasteiger partial charge in [0, 0.05) is 12.1 Å². The minimum Gasteiger partial charge on any atom is -0.497 e. The number of hydrogen-bond acceptors (Lipinski definition) is 6. The van der Waals surface area contributed by atoms with Crippen molar-refractivity contribution in [1.29, 1.82) is 5.26 Å². The summed E-state index contributed by atoms with van der Waals surface area (Å²) < 4.78 is 15.7. The zero-order valence-electron chi connectivity index (χ0n) is 15.6. The first-order chi connectivity index (χ1) is 13.0. The fourth-order valence-corrected chi connectivity index (χ4v) is 2.71. The Kier molecular flexibility index (Phi) is 7.00. The molecular weight excluding hydrogens is 348 g/mol. The number of methoxy groups -OCH3 is 1. The molecule has 1 N–H and O–H groups in total. The largest absolute Gasteiger partial charge is 0.497 e. The molecule has 7 heteroatoms. The first-order valence-corrected chi connectivity index (χ1v) is 8.51. The van der Waals surface area contributed by atoms with E-state index in [1.165, 1.54) is 0 Å². The second-order valence-electron chi connectivity index (χ2n) is 5.91. The lowest BCUT2D eigenvalue weighted by molar-refractivity contribution is -0.144. The van der Waals surface area contributed by atoms with Gasteiger partial charge in [0.1, 0.15) is 36.3 Å². The number of rotatable bonds is 8. The molecule has 1 aromatic carbocycles. The summed E-state index contributed by atoms with van der Waals surface area (Å²) in [5.41, 5.74) is 1.73. The summed E-state index contributed by atoms with van der Waals surface area (Å²) in [5.74, 6) is 1.04. The van der Waals surface area contributed by atoms with Crippen LogP contribution in [0.1, 0.15) is 28.8 Å². The summed E-state index contributed by atoms with van der Waals surface area (Å²) in [4.78, 5) is 26.3. The van der Waals surface area contributed by atoms with Gasteiger partial charge in [-0.3, -0.25) is 9.59 Å². The second-order valence-corrected chi connectivity index (χ2v) is 5.91. The van der Waals surface area contributed by atoms with Gasteiger partial charge in [0.25, 0.3) is 5.56 Å². The minimum atomic E-state index is -0.408. The molecule has 0 saturated carbocycles. The molecule has 1 aromatic heterocycles. The van der Waals surface area contributed by atoms with Crippen LogP contribution < -0.4 is 15.0 Å². The van der Waals surface area contributed by atoms with Crippen LogP contribution >= 0.6 is 0 Å². The quantitative estimate of drug-likeness (QED) is 0.566. The van der Waals surface area contributed by atoms with Crippen LogP contribution in [0.2, 0.25) is 0 Å². The Labute approximate surface area is 157 Å². The molecule has 27 heavy (non-hydrogen) atoms. The normalized spacial score (nSPS) is 10.1. The highest BCUT2D eigenvalue weighted by Gasteiger charge is 2.13. The molecule has 0 saturated heterocycles. The van der Waals surface area contributed by atoms with Crippen molar-refractivity contribution >= 4 is 5.97 Å². The maximum Gasteiger partial charge on any atom is 0.306 e. The van der Waals surface area contributed by atoms with E-state index in [2.05, 4.69) is 4.98 Å². The standard InChI is InChI=1S/C20H22N2O5/c1-13-17(14(2)22-20(24)18(13)12-21)8-9-19(23)27-11-10-26-16-6-4-15(25-3)5-7-16/h4-7H,8-11H2,1-3H3,(H,22,24). The molecule has 2 rings (SSSR count). The summed E-state index contributed by atoms with van der Waals surface area (Å²) in [7, 11) is 1.59. The Hall–Kier alpha value is -3.27. The number of aromatic amines is 1. The molecule has 0 aliphatic rings. The Balaban J connectivity index is 1.80. The number of aromatic nitrogens is 1. The second kappa shape index (κ2) is 9.43. The van der Waals surface area contributed by atoms with Gasteiger partial charge < -0.3 is 19.2 Å². The fourth-order valence-electron chi connectivity index (χ4n) is 2.71. The Morgan fingerprint density at radius 2 is 1.81 bits per heavy atom. The van der Waals surface area contributed by atoms with Crippen LogP contribution in [0.15, 0.2) is 29.1 Å². The van der Waals surface area contributed by atoms with E-state index in [0.29, 0.717) is 23.4 Å². The number of carbonyl (C=O) groups excluding carboxylic acids is 1. The van der Waals surface area contributed by atoms with Gasteiger partial charge in [-0.05, 0) is 55.7 Å². The smallest absolute Gasteiger partial charge is 0.306 e. The van der Waals surface area contributed by atoms with E-state index < -0.39 is 5.56 Å². The maximum absolute atomic E-state index is 11.9. The molecule has 7 nitrogen and oxygen atoms in total. The van der Waals surface area contributed by atoms with E-state index in [1.54, 1.807) is 45.2 Å². The third-order valence-electron chi connectivity index (χ3n) is 4.17. The molecular formula is C20H22N2O5. The van der Waals surface area contributed by atoms with Crippen molar-refractivity contribution in [1.82, 2.24) is 4.98 Å². The van der Waals surface area contributed by atoms with Crippen LogP contribution in [-0.4, -0.2) is 31.3 Å². The van der Waals surface area contributed by atoms with Crippen molar-refractivity contribution in [2.75, 3.05) is 20.3 Å². The van der Waals surface area contributed by atoms with Gasteiger partial charge in [0.2, 0.25) is 0 Å². The van der Waals surface area contributed by atoms with Crippen LogP contribution in [-0.2, 0) is 16.0 Å². The summed E-state index contributed by atoms with van der Waals surface area (Å²) in [6.45, 7) is 3.84. The number of nitrogens with one attached hydrogen (secondary N) is 1. The number of ether oxygens (including phenoxy) is 3. The van der Waals surface area contributed by atoms with Crippen molar-refractivity contribution in [2.45, 2.75) is 26.7 Å². The first kappa shape index (κ1) is 20.0. The van der Waals surface area contributed by atoms with Crippen LogP contribution in [0.3, 0.4) is 0 Å². The molecule has 0 fully saturated rings. The molecule has 1 heterocycles. The van der Waals surface area contributed by atoms with E-state index in [1.807, 2.05) is 6.07 Å².